The van der Waals surface area contributed by atoms with E-state index in [0.717, 1.165) is 22.5 Å². The van der Waals surface area contributed by atoms with Gasteiger partial charge < -0.3 is 4.74 Å². The Morgan fingerprint density at radius 3 is 2.42 bits per heavy atom. The maximum Gasteiger partial charge on any atom is 0.276 e. The van der Waals surface area contributed by atoms with E-state index in [9.17, 15) is 9.59 Å². The number of hydrogen-bond donors (Lipinski definition) is 2. The van der Waals surface area contributed by atoms with E-state index in [-0.39, 0.29) is 25.0 Å². The molecule has 2 N–H and O–H groups in total. The Morgan fingerprint density at radius 1 is 1.12 bits per heavy atom. The van der Waals surface area contributed by atoms with Gasteiger partial charge in [-0.15, -0.1) is 0 Å². The molecule has 1 aromatic carbocycles. The van der Waals surface area contributed by atoms with Crippen LogP contribution in [0, 0.1) is 20.8 Å². The van der Waals surface area contributed by atoms with Gasteiger partial charge in [0.1, 0.15) is 12.3 Å². The van der Waals surface area contributed by atoms with Crippen LogP contribution in [-0.2, 0) is 16.1 Å². The van der Waals surface area contributed by atoms with Crippen LogP contribution in [0.2, 0.25) is 0 Å². The number of hydrogen-bond acceptors (Lipinski definition) is 4. The van der Waals surface area contributed by atoms with Crippen molar-refractivity contribution in [3.63, 3.8) is 0 Å². The molecule has 0 aliphatic carbocycles. The molecule has 0 aliphatic heterocycles. The molecule has 0 spiro atoms. The Hall–Kier alpha value is -2.83. The second kappa shape index (κ2) is 8.51. The zero-order chi connectivity index (χ0) is 19.3. The maximum absolute atomic E-state index is 11.9. The lowest BCUT2D eigenvalue weighted by atomic mass is 10.0. The Labute approximate surface area is 153 Å². The van der Waals surface area contributed by atoms with Gasteiger partial charge in [0.05, 0.1) is 5.69 Å². The van der Waals surface area contributed by atoms with Crippen LogP contribution >= 0.6 is 0 Å². The monoisotopic (exact) mass is 358 g/mol. The SMILES string of the molecule is Cc1ccc(C(C)C)c(OCC(=O)NNC(=O)Cn2nc(C)cc2C)c1. The molecule has 0 saturated heterocycles. The Balaban J connectivity index is 1.83. The van der Waals surface area contributed by atoms with E-state index >= 15 is 0 Å². The molecule has 0 aliphatic rings. The lowest BCUT2D eigenvalue weighted by molar-refractivity contribution is -0.130. The summed E-state index contributed by atoms with van der Waals surface area (Å²) in [5.41, 5.74) is 8.55. The topological polar surface area (TPSA) is 85.3 Å². The molecule has 0 atom stereocenters. The van der Waals surface area contributed by atoms with Crippen molar-refractivity contribution in [1.29, 1.82) is 0 Å². The number of rotatable bonds is 6. The Kier molecular flexibility index (Phi) is 6.38. The number of benzene rings is 1. The number of amides is 2. The van der Waals surface area contributed by atoms with Crippen molar-refractivity contribution in [2.24, 2.45) is 0 Å². The second-order valence-electron chi connectivity index (χ2n) is 6.67. The van der Waals surface area contributed by atoms with Crippen LogP contribution in [0.4, 0.5) is 0 Å². The summed E-state index contributed by atoms with van der Waals surface area (Å²) in [6.07, 6.45) is 0. The minimum absolute atomic E-state index is 0.0379. The lowest BCUT2D eigenvalue weighted by Gasteiger charge is -2.15. The molecule has 1 heterocycles. The molecule has 140 valence electrons. The van der Waals surface area contributed by atoms with Gasteiger partial charge in [0.15, 0.2) is 6.61 Å². The highest BCUT2D eigenvalue weighted by Crippen LogP contribution is 2.27. The summed E-state index contributed by atoms with van der Waals surface area (Å²) in [5.74, 6) is 0.184. The zero-order valence-corrected chi connectivity index (χ0v) is 15.9. The number of nitrogens with zero attached hydrogens (tertiary/aromatic N) is 2. The number of carbonyl (C=O) groups excluding carboxylic acids is 2. The van der Waals surface area contributed by atoms with Crippen molar-refractivity contribution in [2.45, 2.75) is 47.1 Å². The number of carbonyl (C=O) groups is 2. The van der Waals surface area contributed by atoms with E-state index in [4.69, 9.17) is 4.74 Å². The fourth-order valence-corrected chi connectivity index (χ4v) is 2.57. The minimum Gasteiger partial charge on any atom is -0.483 e. The van der Waals surface area contributed by atoms with E-state index in [0.29, 0.717) is 5.75 Å². The third kappa shape index (κ3) is 5.34. The van der Waals surface area contributed by atoms with Crippen LogP contribution < -0.4 is 15.6 Å². The summed E-state index contributed by atoms with van der Waals surface area (Å²) in [6, 6.07) is 7.81. The van der Waals surface area contributed by atoms with Crippen LogP contribution in [0.25, 0.3) is 0 Å². The number of nitrogens with one attached hydrogen (secondary N) is 2. The number of hydrazine groups is 1. The van der Waals surface area contributed by atoms with Crippen molar-refractivity contribution in [3.05, 3.63) is 46.8 Å². The van der Waals surface area contributed by atoms with E-state index in [2.05, 4.69) is 29.8 Å². The Bertz CT molecular complexity index is 796. The van der Waals surface area contributed by atoms with Crippen LogP contribution in [0.3, 0.4) is 0 Å². The van der Waals surface area contributed by atoms with Crippen molar-refractivity contribution < 1.29 is 14.3 Å². The highest BCUT2D eigenvalue weighted by atomic mass is 16.5. The van der Waals surface area contributed by atoms with Gasteiger partial charge in [-0.3, -0.25) is 25.1 Å². The maximum atomic E-state index is 11.9. The third-order valence-corrected chi connectivity index (χ3v) is 3.89. The van der Waals surface area contributed by atoms with Gasteiger partial charge in [-0.05, 0) is 49.9 Å². The summed E-state index contributed by atoms with van der Waals surface area (Å²) in [5, 5.41) is 4.21. The molecule has 0 bridgehead atoms. The first-order chi connectivity index (χ1) is 12.3. The van der Waals surface area contributed by atoms with Crippen LogP contribution in [-0.4, -0.2) is 28.2 Å². The van der Waals surface area contributed by atoms with Gasteiger partial charge in [0.2, 0.25) is 0 Å². The number of ether oxygens (including phenoxy) is 1. The summed E-state index contributed by atoms with van der Waals surface area (Å²) in [7, 11) is 0. The standard InChI is InChI=1S/C19H26N4O3/c1-12(2)16-7-6-13(3)8-17(16)26-11-19(25)21-20-18(24)10-23-15(5)9-14(4)22-23/h6-9,12H,10-11H2,1-5H3,(H,20,24)(H,21,25). The molecule has 7 heteroatoms. The van der Waals surface area contributed by atoms with Gasteiger partial charge >= 0.3 is 0 Å². The molecule has 1 aromatic heterocycles. The summed E-state index contributed by atoms with van der Waals surface area (Å²) < 4.78 is 7.21. The minimum atomic E-state index is -0.428. The highest BCUT2D eigenvalue weighted by Gasteiger charge is 2.12. The van der Waals surface area contributed by atoms with Crippen LogP contribution in [0.1, 0.15) is 42.3 Å². The number of aryl methyl sites for hydroxylation is 3. The molecule has 2 rings (SSSR count). The quantitative estimate of drug-likeness (QED) is 0.775. The summed E-state index contributed by atoms with van der Waals surface area (Å²) in [6.45, 7) is 9.69. The normalized spacial score (nSPS) is 10.7. The zero-order valence-electron chi connectivity index (χ0n) is 15.9. The molecule has 7 nitrogen and oxygen atoms in total. The highest BCUT2D eigenvalue weighted by molar-refractivity contribution is 5.82. The van der Waals surface area contributed by atoms with Gasteiger partial charge in [0.25, 0.3) is 11.8 Å². The van der Waals surface area contributed by atoms with Gasteiger partial charge in [-0.1, -0.05) is 26.0 Å². The molecule has 2 aromatic rings. The van der Waals surface area contributed by atoms with E-state index in [1.54, 1.807) is 4.68 Å². The predicted molar refractivity (Wildman–Crippen MR) is 98.7 cm³/mol. The van der Waals surface area contributed by atoms with Crippen molar-refractivity contribution in [2.75, 3.05) is 6.61 Å². The molecule has 0 unspecified atom stereocenters. The average molecular weight is 358 g/mol. The summed E-state index contributed by atoms with van der Waals surface area (Å²) >= 11 is 0. The van der Waals surface area contributed by atoms with Crippen molar-refractivity contribution in [1.82, 2.24) is 20.6 Å². The lowest BCUT2D eigenvalue weighted by Crippen LogP contribution is -2.45. The van der Waals surface area contributed by atoms with Gasteiger partial charge in [-0.25, -0.2) is 0 Å². The van der Waals surface area contributed by atoms with E-state index in [1.807, 2.05) is 45.0 Å². The fourth-order valence-electron chi connectivity index (χ4n) is 2.57. The second-order valence-corrected chi connectivity index (χ2v) is 6.67. The van der Waals surface area contributed by atoms with E-state index in [1.165, 1.54) is 0 Å². The van der Waals surface area contributed by atoms with Gasteiger partial charge in [0, 0.05) is 5.69 Å². The average Bonchev–Trinajstić information content (AvgIpc) is 2.88. The third-order valence-electron chi connectivity index (χ3n) is 3.89. The van der Waals surface area contributed by atoms with Crippen LogP contribution in [0.15, 0.2) is 24.3 Å². The first kappa shape index (κ1) is 19.5. The molecular formula is C19H26N4O3. The smallest absolute Gasteiger partial charge is 0.276 e. The molecule has 0 saturated carbocycles. The Morgan fingerprint density at radius 2 is 1.81 bits per heavy atom. The van der Waals surface area contributed by atoms with Gasteiger partial charge in [-0.2, -0.15) is 5.10 Å². The largest absolute Gasteiger partial charge is 0.483 e. The molecular weight excluding hydrogens is 332 g/mol. The van der Waals surface area contributed by atoms with Crippen LogP contribution in [0.5, 0.6) is 5.75 Å². The first-order valence-electron chi connectivity index (χ1n) is 8.58. The summed E-state index contributed by atoms with van der Waals surface area (Å²) in [4.78, 5) is 23.9. The predicted octanol–water partition coefficient (Wildman–Crippen LogP) is 2.16. The molecule has 2 amide bonds. The fraction of sp³-hybridized carbons (Fsp3) is 0.421. The molecule has 0 radical (unpaired) electrons. The van der Waals surface area contributed by atoms with Crippen molar-refractivity contribution in [3.8, 4) is 5.75 Å². The molecule has 0 fully saturated rings. The number of aromatic nitrogens is 2. The van der Waals surface area contributed by atoms with E-state index < -0.39 is 5.91 Å². The first-order valence-corrected chi connectivity index (χ1v) is 8.58. The van der Waals surface area contributed by atoms with Crippen molar-refractivity contribution >= 4 is 11.8 Å². The molecule has 26 heavy (non-hydrogen) atoms.